The minimum Gasteiger partial charge on any atom is -0.495 e. The quantitative estimate of drug-likeness (QED) is 0.580. The van der Waals surface area contributed by atoms with Crippen LogP contribution in [0.5, 0.6) is 5.75 Å². The summed E-state index contributed by atoms with van der Waals surface area (Å²) in [5.74, 6) is 0.314. The van der Waals surface area contributed by atoms with Gasteiger partial charge in [0.05, 0.1) is 17.1 Å². The number of methoxy groups -OCH3 is 1. The van der Waals surface area contributed by atoms with Crippen LogP contribution in [0.15, 0.2) is 63.5 Å². The van der Waals surface area contributed by atoms with Crippen LogP contribution in [-0.4, -0.2) is 13.0 Å². The second-order valence-corrected chi connectivity index (χ2v) is 6.66. The molecule has 3 aromatic rings. The Bertz CT molecular complexity index is 876. The van der Waals surface area contributed by atoms with E-state index in [1.165, 1.54) is 0 Å². The first-order chi connectivity index (χ1) is 11.1. The topological polar surface area (TPSA) is 38.3 Å². The molecule has 0 spiro atoms. The van der Waals surface area contributed by atoms with Crippen LogP contribution in [0, 0.1) is 0 Å². The van der Waals surface area contributed by atoms with E-state index >= 15 is 0 Å². The number of hydrogen-bond acceptors (Lipinski definition) is 2. The second kappa shape index (κ2) is 6.72. The zero-order valence-electron chi connectivity index (χ0n) is 12.3. The van der Waals surface area contributed by atoms with Crippen molar-refractivity contribution in [1.82, 2.24) is 0 Å². The van der Waals surface area contributed by atoms with Crippen LogP contribution in [0.3, 0.4) is 0 Å². The van der Waals surface area contributed by atoms with Gasteiger partial charge >= 0.3 is 0 Å². The van der Waals surface area contributed by atoms with Gasteiger partial charge in [0.25, 0.3) is 5.91 Å². The molecule has 3 nitrogen and oxygen atoms in total. The second-order valence-electron chi connectivity index (χ2n) is 4.95. The summed E-state index contributed by atoms with van der Waals surface area (Å²) in [4.78, 5) is 12.7. The summed E-state index contributed by atoms with van der Waals surface area (Å²) in [6, 6.07) is 17.1. The van der Waals surface area contributed by atoms with Crippen molar-refractivity contribution in [2.24, 2.45) is 0 Å². The zero-order valence-corrected chi connectivity index (χ0v) is 15.4. The molecule has 0 heterocycles. The Morgan fingerprint density at radius 1 is 1.04 bits per heavy atom. The van der Waals surface area contributed by atoms with Gasteiger partial charge in [0, 0.05) is 10.2 Å². The lowest BCUT2D eigenvalue weighted by Crippen LogP contribution is -2.13. The number of rotatable bonds is 3. The summed E-state index contributed by atoms with van der Waals surface area (Å²) in [7, 11) is 1.56. The van der Waals surface area contributed by atoms with Gasteiger partial charge < -0.3 is 10.1 Å². The maximum atomic E-state index is 12.7. The lowest BCUT2D eigenvalue weighted by molar-refractivity contribution is 0.102. The molecule has 3 rings (SSSR count). The first kappa shape index (κ1) is 16.0. The van der Waals surface area contributed by atoms with Crippen LogP contribution in [0.25, 0.3) is 10.8 Å². The Hall–Kier alpha value is -1.85. The fourth-order valence-corrected chi connectivity index (χ4v) is 3.39. The van der Waals surface area contributed by atoms with Gasteiger partial charge in [0.15, 0.2) is 0 Å². The largest absolute Gasteiger partial charge is 0.495 e. The summed E-state index contributed by atoms with van der Waals surface area (Å²) in [5.41, 5.74) is 1.21. The van der Waals surface area contributed by atoms with Crippen molar-refractivity contribution in [3.05, 3.63) is 69.1 Å². The Morgan fingerprint density at radius 2 is 1.74 bits per heavy atom. The van der Waals surface area contributed by atoms with Crippen LogP contribution in [0.2, 0.25) is 0 Å². The highest BCUT2D eigenvalue weighted by molar-refractivity contribution is 9.11. The summed E-state index contributed by atoms with van der Waals surface area (Å²) >= 11 is 6.92. The Morgan fingerprint density at radius 3 is 2.43 bits per heavy atom. The molecule has 0 aliphatic heterocycles. The number of ether oxygens (including phenoxy) is 1. The van der Waals surface area contributed by atoms with Crippen LogP contribution >= 0.6 is 31.9 Å². The minimum absolute atomic E-state index is 0.212. The van der Waals surface area contributed by atoms with Crippen molar-refractivity contribution >= 4 is 54.2 Å². The highest BCUT2D eigenvalue weighted by Crippen LogP contribution is 2.36. The van der Waals surface area contributed by atoms with E-state index in [9.17, 15) is 4.79 Å². The van der Waals surface area contributed by atoms with Crippen molar-refractivity contribution < 1.29 is 9.53 Å². The summed E-state index contributed by atoms with van der Waals surface area (Å²) in [5, 5.41) is 4.87. The molecule has 23 heavy (non-hydrogen) atoms. The van der Waals surface area contributed by atoms with Gasteiger partial charge in [-0.25, -0.2) is 0 Å². The fourth-order valence-electron chi connectivity index (χ4n) is 2.38. The summed E-state index contributed by atoms with van der Waals surface area (Å²) in [6.45, 7) is 0. The molecule has 116 valence electrons. The normalized spacial score (nSPS) is 10.6. The Kier molecular flexibility index (Phi) is 4.68. The average molecular weight is 435 g/mol. The Labute approximate surface area is 150 Å². The number of fused-ring (bicyclic) bond motifs is 1. The number of benzene rings is 3. The zero-order chi connectivity index (χ0) is 16.4. The molecular formula is C18H13Br2NO2. The molecule has 3 aromatic carbocycles. The van der Waals surface area contributed by atoms with E-state index in [1.54, 1.807) is 7.11 Å². The van der Waals surface area contributed by atoms with E-state index < -0.39 is 0 Å². The van der Waals surface area contributed by atoms with E-state index in [-0.39, 0.29) is 5.91 Å². The molecule has 1 N–H and O–H groups in total. The minimum atomic E-state index is -0.212. The Balaban J connectivity index is 2.04. The van der Waals surface area contributed by atoms with E-state index in [2.05, 4.69) is 37.2 Å². The molecule has 0 unspecified atom stereocenters. The maximum absolute atomic E-state index is 12.7. The maximum Gasteiger partial charge on any atom is 0.259 e. The van der Waals surface area contributed by atoms with Gasteiger partial charge in [-0.1, -0.05) is 40.2 Å². The molecular weight excluding hydrogens is 422 g/mol. The molecule has 0 atom stereocenters. The molecule has 0 fully saturated rings. The lowest BCUT2D eigenvalue weighted by Gasteiger charge is -2.13. The van der Waals surface area contributed by atoms with Crippen molar-refractivity contribution in [2.45, 2.75) is 0 Å². The van der Waals surface area contributed by atoms with Crippen molar-refractivity contribution in [3.8, 4) is 5.75 Å². The fraction of sp³-hybridized carbons (Fsp3) is 0.0556. The predicted molar refractivity (Wildman–Crippen MR) is 100 cm³/mol. The number of nitrogens with one attached hydrogen (secondary N) is 1. The molecule has 0 radical (unpaired) electrons. The van der Waals surface area contributed by atoms with E-state index in [0.717, 1.165) is 25.4 Å². The van der Waals surface area contributed by atoms with Crippen LogP contribution in [0.4, 0.5) is 5.69 Å². The smallest absolute Gasteiger partial charge is 0.259 e. The van der Waals surface area contributed by atoms with Crippen molar-refractivity contribution in [3.63, 3.8) is 0 Å². The third kappa shape index (κ3) is 3.26. The molecule has 0 aliphatic rings. The van der Waals surface area contributed by atoms with Gasteiger partial charge in [0.1, 0.15) is 5.75 Å². The third-order valence-electron chi connectivity index (χ3n) is 3.49. The highest BCUT2D eigenvalue weighted by Gasteiger charge is 2.18. The van der Waals surface area contributed by atoms with Crippen LogP contribution in [0.1, 0.15) is 10.4 Å². The SMILES string of the molecule is COc1c(C(=O)Nc2ccc(Br)cc2)cc2ccccc2c1Br. The predicted octanol–water partition coefficient (Wildman–Crippen LogP) is 5.63. The van der Waals surface area contributed by atoms with E-state index in [0.29, 0.717) is 11.3 Å². The summed E-state index contributed by atoms with van der Waals surface area (Å²) in [6.07, 6.45) is 0. The van der Waals surface area contributed by atoms with Crippen molar-refractivity contribution in [1.29, 1.82) is 0 Å². The molecule has 0 saturated heterocycles. The number of halogens is 2. The van der Waals surface area contributed by atoms with Gasteiger partial charge in [-0.2, -0.15) is 0 Å². The van der Waals surface area contributed by atoms with Gasteiger partial charge in [-0.3, -0.25) is 4.79 Å². The standard InChI is InChI=1S/C18H13Br2NO2/c1-23-17-15(10-11-4-2-3-5-14(11)16(17)20)18(22)21-13-8-6-12(19)7-9-13/h2-10H,1H3,(H,21,22). The van der Waals surface area contributed by atoms with Crippen LogP contribution in [-0.2, 0) is 0 Å². The number of amides is 1. The molecule has 0 aliphatic carbocycles. The monoisotopic (exact) mass is 433 g/mol. The number of carbonyl (C=O) groups is 1. The lowest BCUT2D eigenvalue weighted by atomic mass is 10.1. The molecule has 0 saturated carbocycles. The van der Waals surface area contributed by atoms with Gasteiger partial charge in [-0.05, 0) is 57.0 Å². The van der Waals surface area contributed by atoms with Gasteiger partial charge in [0.2, 0.25) is 0 Å². The first-order valence-corrected chi connectivity index (χ1v) is 8.51. The number of anilines is 1. The van der Waals surface area contributed by atoms with Crippen molar-refractivity contribution in [2.75, 3.05) is 12.4 Å². The third-order valence-corrected chi connectivity index (χ3v) is 4.81. The average Bonchev–Trinajstić information content (AvgIpc) is 2.57. The van der Waals surface area contributed by atoms with E-state index in [4.69, 9.17) is 4.74 Å². The first-order valence-electron chi connectivity index (χ1n) is 6.92. The highest BCUT2D eigenvalue weighted by atomic mass is 79.9. The number of hydrogen-bond donors (Lipinski definition) is 1. The molecule has 5 heteroatoms. The van der Waals surface area contributed by atoms with E-state index in [1.807, 2.05) is 54.6 Å². The summed E-state index contributed by atoms with van der Waals surface area (Å²) < 4.78 is 7.18. The molecule has 0 aromatic heterocycles. The molecule has 0 bridgehead atoms. The van der Waals surface area contributed by atoms with Gasteiger partial charge in [-0.15, -0.1) is 0 Å². The number of carbonyl (C=O) groups excluding carboxylic acids is 1. The molecule has 1 amide bonds. The van der Waals surface area contributed by atoms with Crippen LogP contribution < -0.4 is 10.1 Å².